The van der Waals surface area contributed by atoms with Gasteiger partial charge in [0.05, 0.1) is 0 Å². The molecule has 56 valence electrons. The van der Waals surface area contributed by atoms with Gasteiger partial charge < -0.3 is 0 Å². The van der Waals surface area contributed by atoms with Gasteiger partial charge in [-0.3, -0.25) is 0 Å². The van der Waals surface area contributed by atoms with Gasteiger partial charge in [-0.25, -0.2) is 0 Å². The second kappa shape index (κ2) is 2.27. The summed E-state index contributed by atoms with van der Waals surface area (Å²) < 4.78 is 0. The minimum Gasteiger partial charge on any atom is -0.123 e. The van der Waals surface area contributed by atoms with Gasteiger partial charge in [0, 0.05) is 5.38 Å². The van der Waals surface area contributed by atoms with Crippen molar-refractivity contribution in [1.82, 2.24) is 0 Å². The molecular weight excluding hydrogens is 144 g/mol. The van der Waals surface area contributed by atoms with E-state index in [0.29, 0.717) is 5.38 Å². The molecule has 1 heteroatoms. The first-order chi connectivity index (χ1) is 4.77. The SMILES string of the molecule is C[C@@H](Cl)[C@@H]1C[C@@H]2C=C[C@H]1C2. The largest absolute Gasteiger partial charge is 0.123 e. The van der Waals surface area contributed by atoms with E-state index in [1.54, 1.807) is 0 Å². The van der Waals surface area contributed by atoms with E-state index in [1.807, 2.05) is 0 Å². The first kappa shape index (κ1) is 6.72. The Hall–Kier alpha value is 0.0300. The summed E-state index contributed by atoms with van der Waals surface area (Å²) in [6.45, 7) is 2.13. The monoisotopic (exact) mass is 156 g/mol. The highest BCUT2D eigenvalue weighted by Crippen LogP contribution is 2.45. The van der Waals surface area contributed by atoms with Crippen LogP contribution in [0.4, 0.5) is 0 Å². The fraction of sp³-hybridized carbons (Fsp3) is 0.778. The summed E-state index contributed by atoms with van der Waals surface area (Å²) >= 11 is 6.04. The number of halogens is 1. The lowest BCUT2D eigenvalue weighted by atomic mass is 9.91. The van der Waals surface area contributed by atoms with Crippen LogP contribution in [-0.2, 0) is 0 Å². The van der Waals surface area contributed by atoms with E-state index in [2.05, 4.69) is 19.1 Å². The average molecular weight is 157 g/mol. The molecule has 2 aliphatic rings. The number of hydrogen-bond donors (Lipinski definition) is 0. The summed E-state index contributed by atoms with van der Waals surface area (Å²) in [5, 5.41) is 0.375. The molecule has 1 fully saturated rings. The maximum absolute atomic E-state index is 6.04. The highest BCUT2D eigenvalue weighted by Gasteiger charge is 2.37. The quantitative estimate of drug-likeness (QED) is 0.405. The molecule has 10 heavy (non-hydrogen) atoms. The number of fused-ring (bicyclic) bond motifs is 2. The van der Waals surface area contributed by atoms with E-state index in [-0.39, 0.29) is 0 Å². The standard InChI is InChI=1S/C9H13Cl/c1-6(10)9-5-7-2-3-8(9)4-7/h2-3,6-9H,4-5H2,1H3/t6-,7-,8+,9+/m1/s1. The van der Waals surface area contributed by atoms with Crippen molar-refractivity contribution in [2.75, 3.05) is 0 Å². The molecule has 2 rings (SSSR count). The van der Waals surface area contributed by atoms with E-state index in [1.165, 1.54) is 12.8 Å². The van der Waals surface area contributed by atoms with Crippen LogP contribution in [0.2, 0.25) is 0 Å². The van der Waals surface area contributed by atoms with Crippen LogP contribution in [-0.4, -0.2) is 5.38 Å². The zero-order valence-corrected chi connectivity index (χ0v) is 7.01. The number of allylic oxidation sites excluding steroid dienone is 2. The average Bonchev–Trinajstić information content (AvgIpc) is 2.44. The smallest absolute Gasteiger partial charge is 0.0341 e. The van der Waals surface area contributed by atoms with Crippen molar-refractivity contribution in [1.29, 1.82) is 0 Å². The van der Waals surface area contributed by atoms with Gasteiger partial charge in [0.2, 0.25) is 0 Å². The Morgan fingerprint density at radius 1 is 1.40 bits per heavy atom. The van der Waals surface area contributed by atoms with Gasteiger partial charge in [-0.1, -0.05) is 12.2 Å². The molecule has 0 aliphatic heterocycles. The molecule has 1 saturated carbocycles. The minimum absolute atomic E-state index is 0.375. The lowest BCUT2D eigenvalue weighted by Gasteiger charge is -2.19. The number of hydrogen-bond acceptors (Lipinski definition) is 0. The van der Waals surface area contributed by atoms with Crippen molar-refractivity contribution >= 4 is 11.6 Å². The molecule has 0 nitrogen and oxygen atoms in total. The fourth-order valence-corrected chi connectivity index (χ4v) is 2.64. The second-order valence-electron chi connectivity index (χ2n) is 3.62. The highest BCUT2D eigenvalue weighted by molar-refractivity contribution is 6.20. The molecule has 0 heterocycles. The molecule has 0 aromatic heterocycles. The van der Waals surface area contributed by atoms with Gasteiger partial charge >= 0.3 is 0 Å². The predicted octanol–water partition coefficient (Wildman–Crippen LogP) is 2.83. The first-order valence-corrected chi connectivity index (χ1v) is 4.53. The zero-order valence-electron chi connectivity index (χ0n) is 6.26. The van der Waals surface area contributed by atoms with Crippen molar-refractivity contribution in [3.63, 3.8) is 0 Å². The third-order valence-electron chi connectivity index (χ3n) is 2.92. The summed E-state index contributed by atoms with van der Waals surface area (Å²) in [7, 11) is 0. The second-order valence-corrected chi connectivity index (χ2v) is 4.31. The van der Waals surface area contributed by atoms with Gasteiger partial charge in [0.15, 0.2) is 0 Å². The molecule has 0 aromatic rings. The van der Waals surface area contributed by atoms with E-state index in [4.69, 9.17) is 11.6 Å². The molecule has 0 saturated heterocycles. The molecule has 0 N–H and O–H groups in total. The van der Waals surface area contributed by atoms with E-state index in [0.717, 1.165) is 17.8 Å². The van der Waals surface area contributed by atoms with E-state index >= 15 is 0 Å². The predicted molar refractivity (Wildman–Crippen MR) is 44.2 cm³/mol. The Labute approximate surface area is 67.3 Å². The highest BCUT2D eigenvalue weighted by atomic mass is 35.5. The van der Waals surface area contributed by atoms with Crippen molar-refractivity contribution in [2.45, 2.75) is 25.1 Å². The first-order valence-electron chi connectivity index (χ1n) is 4.10. The van der Waals surface area contributed by atoms with Crippen LogP contribution in [0.15, 0.2) is 12.2 Å². The van der Waals surface area contributed by atoms with Gasteiger partial charge in [-0.05, 0) is 37.5 Å². The van der Waals surface area contributed by atoms with Crippen LogP contribution in [0.25, 0.3) is 0 Å². The van der Waals surface area contributed by atoms with Crippen LogP contribution < -0.4 is 0 Å². The number of alkyl halides is 1. The third kappa shape index (κ3) is 0.897. The summed E-state index contributed by atoms with van der Waals surface area (Å²) in [4.78, 5) is 0. The van der Waals surface area contributed by atoms with Crippen LogP contribution in [0, 0.1) is 17.8 Å². The van der Waals surface area contributed by atoms with Crippen molar-refractivity contribution in [2.24, 2.45) is 17.8 Å². The Morgan fingerprint density at radius 3 is 2.50 bits per heavy atom. The maximum atomic E-state index is 6.04. The Kier molecular flexibility index (Phi) is 1.52. The summed E-state index contributed by atoms with van der Waals surface area (Å²) in [6.07, 6.45) is 7.44. The van der Waals surface area contributed by atoms with Crippen LogP contribution in [0.1, 0.15) is 19.8 Å². The third-order valence-corrected chi connectivity index (χ3v) is 3.24. The fourth-order valence-electron chi connectivity index (χ4n) is 2.35. The van der Waals surface area contributed by atoms with Crippen molar-refractivity contribution in [3.8, 4) is 0 Å². The maximum Gasteiger partial charge on any atom is 0.0341 e. The van der Waals surface area contributed by atoms with E-state index < -0.39 is 0 Å². The lowest BCUT2D eigenvalue weighted by Crippen LogP contribution is -2.15. The van der Waals surface area contributed by atoms with Gasteiger partial charge in [0.1, 0.15) is 0 Å². The van der Waals surface area contributed by atoms with Crippen LogP contribution in [0.5, 0.6) is 0 Å². The number of rotatable bonds is 1. The van der Waals surface area contributed by atoms with Gasteiger partial charge in [-0.2, -0.15) is 0 Å². The Balaban J connectivity index is 2.09. The summed E-state index contributed by atoms with van der Waals surface area (Å²) in [6, 6.07) is 0. The van der Waals surface area contributed by atoms with Crippen LogP contribution >= 0.6 is 11.6 Å². The molecular formula is C9H13Cl. The molecule has 2 aliphatic carbocycles. The Bertz CT molecular complexity index is 160. The lowest BCUT2D eigenvalue weighted by molar-refractivity contribution is 0.441. The van der Waals surface area contributed by atoms with E-state index in [9.17, 15) is 0 Å². The normalized spacial score (nSPS) is 46.4. The molecule has 0 radical (unpaired) electrons. The Morgan fingerprint density at radius 2 is 2.20 bits per heavy atom. The molecule has 0 aromatic carbocycles. The topological polar surface area (TPSA) is 0 Å². The molecule has 4 atom stereocenters. The molecule has 0 amide bonds. The molecule has 0 unspecified atom stereocenters. The molecule has 0 spiro atoms. The van der Waals surface area contributed by atoms with Crippen molar-refractivity contribution < 1.29 is 0 Å². The summed E-state index contributed by atoms with van der Waals surface area (Å²) in [5.74, 6) is 2.46. The summed E-state index contributed by atoms with van der Waals surface area (Å²) in [5.41, 5.74) is 0. The zero-order chi connectivity index (χ0) is 7.14. The van der Waals surface area contributed by atoms with Crippen molar-refractivity contribution in [3.05, 3.63) is 12.2 Å². The minimum atomic E-state index is 0.375. The van der Waals surface area contributed by atoms with Gasteiger partial charge in [0.25, 0.3) is 0 Å². The van der Waals surface area contributed by atoms with Crippen LogP contribution in [0.3, 0.4) is 0 Å². The van der Waals surface area contributed by atoms with Gasteiger partial charge in [-0.15, -0.1) is 11.6 Å². The molecule has 2 bridgehead atoms.